The van der Waals surface area contributed by atoms with Crippen molar-refractivity contribution in [1.82, 2.24) is 4.90 Å². The Morgan fingerprint density at radius 3 is 2.50 bits per heavy atom. The van der Waals surface area contributed by atoms with E-state index in [0.717, 1.165) is 5.56 Å². The molecule has 10 heteroatoms. The maximum absolute atomic E-state index is 13.3. The number of hydrogen-bond acceptors (Lipinski definition) is 7. The van der Waals surface area contributed by atoms with Crippen molar-refractivity contribution >= 4 is 57.7 Å². The molecule has 3 aromatic carbocycles. The van der Waals surface area contributed by atoms with Gasteiger partial charge in [-0.15, -0.1) is 0 Å². The Morgan fingerprint density at radius 2 is 1.80 bits per heavy atom. The summed E-state index contributed by atoms with van der Waals surface area (Å²) in [5.41, 5.74) is 2.56. The molecule has 8 nitrogen and oxygen atoms in total. The normalized spacial score (nSPS) is 16.1. The van der Waals surface area contributed by atoms with Crippen molar-refractivity contribution in [3.63, 3.8) is 0 Å². The lowest BCUT2D eigenvalue weighted by Gasteiger charge is -2.32. The van der Waals surface area contributed by atoms with Crippen LogP contribution in [0.1, 0.15) is 36.2 Å². The molecule has 0 aliphatic carbocycles. The van der Waals surface area contributed by atoms with Crippen LogP contribution in [0.5, 0.6) is 5.75 Å². The van der Waals surface area contributed by atoms with E-state index in [1.807, 2.05) is 37.3 Å². The Balaban J connectivity index is 1.55. The van der Waals surface area contributed by atoms with Gasteiger partial charge in [0.15, 0.2) is 5.17 Å². The van der Waals surface area contributed by atoms with Crippen LogP contribution < -0.4 is 10.1 Å². The molecule has 0 radical (unpaired) electrons. The Labute approximate surface area is 242 Å². The highest BCUT2D eigenvalue weighted by atomic mass is 35.5. The highest BCUT2D eigenvalue weighted by Gasteiger charge is 2.36. The maximum atomic E-state index is 13.3. The zero-order chi connectivity index (χ0) is 28.5. The standard InChI is InChI=1S/C30H30ClN3O5S/c1-3-38-25-7-5-6-24(18-25)32-28(36)26-19-27(35)34(17-16-20-8-12-22(31)13-9-20)30(40-26)33-23-14-10-21(11-15-23)29(37)39-4-2/h5-15,18,26H,3-4,16-17,19H2,1-2H3,(H,32,36)/t26-/m0/s1. The van der Waals surface area contributed by atoms with Crippen LogP contribution in [0.15, 0.2) is 77.8 Å². The number of aliphatic imine (C=N–C) groups is 1. The number of anilines is 1. The Kier molecular flexibility index (Phi) is 10.2. The highest BCUT2D eigenvalue weighted by molar-refractivity contribution is 8.15. The average Bonchev–Trinajstić information content (AvgIpc) is 2.94. The van der Waals surface area contributed by atoms with Crippen LogP contribution in [0, 0.1) is 0 Å². The summed E-state index contributed by atoms with van der Waals surface area (Å²) in [6, 6.07) is 21.2. The van der Waals surface area contributed by atoms with Crippen molar-refractivity contribution in [3.8, 4) is 5.75 Å². The lowest BCUT2D eigenvalue weighted by Crippen LogP contribution is -2.46. The predicted octanol–water partition coefficient (Wildman–Crippen LogP) is 6.12. The second-order valence-electron chi connectivity index (χ2n) is 8.84. The van der Waals surface area contributed by atoms with Crippen LogP contribution >= 0.6 is 23.4 Å². The molecule has 0 spiro atoms. The number of carbonyl (C=O) groups is 3. The molecule has 4 rings (SSSR count). The number of rotatable bonds is 10. The molecule has 1 fully saturated rings. The van der Waals surface area contributed by atoms with Crippen molar-refractivity contribution in [3.05, 3.63) is 88.9 Å². The molecule has 0 unspecified atom stereocenters. The van der Waals surface area contributed by atoms with Crippen LogP contribution in [-0.4, -0.2) is 52.9 Å². The van der Waals surface area contributed by atoms with E-state index in [2.05, 4.69) is 5.32 Å². The molecule has 1 aliphatic rings. The van der Waals surface area contributed by atoms with Gasteiger partial charge < -0.3 is 14.8 Å². The summed E-state index contributed by atoms with van der Waals surface area (Å²) in [5.74, 6) is -0.263. The van der Waals surface area contributed by atoms with Crippen molar-refractivity contribution in [1.29, 1.82) is 0 Å². The summed E-state index contributed by atoms with van der Waals surface area (Å²) in [6.07, 6.45) is 0.619. The molecule has 0 aromatic heterocycles. The second kappa shape index (κ2) is 14.0. The van der Waals surface area contributed by atoms with E-state index < -0.39 is 11.2 Å². The van der Waals surface area contributed by atoms with Gasteiger partial charge in [-0.05, 0) is 74.4 Å². The summed E-state index contributed by atoms with van der Waals surface area (Å²) >= 11 is 7.25. The third kappa shape index (κ3) is 7.86. The van der Waals surface area contributed by atoms with Gasteiger partial charge in [-0.2, -0.15) is 0 Å². The zero-order valence-corrected chi connectivity index (χ0v) is 23.8. The third-order valence-electron chi connectivity index (χ3n) is 5.99. The van der Waals surface area contributed by atoms with Crippen molar-refractivity contribution in [2.75, 3.05) is 25.1 Å². The predicted molar refractivity (Wildman–Crippen MR) is 159 cm³/mol. The number of halogens is 1. The van der Waals surface area contributed by atoms with Gasteiger partial charge >= 0.3 is 5.97 Å². The van der Waals surface area contributed by atoms with E-state index in [1.54, 1.807) is 54.3 Å². The Morgan fingerprint density at radius 1 is 1.05 bits per heavy atom. The molecule has 3 aromatic rings. The fourth-order valence-corrected chi connectivity index (χ4v) is 5.25. The molecule has 208 valence electrons. The molecular weight excluding hydrogens is 550 g/mol. The lowest BCUT2D eigenvalue weighted by atomic mass is 10.1. The molecular formula is C30H30ClN3O5S. The molecule has 1 atom stereocenters. The van der Waals surface area contributed by atoms with E-state index in [9.17, 15) is 14.4 Å². The first-order valence-corrected chi connectivity index (χ1v) is 14.2. The van der Waals surface area contributed by atoms with E-state index in [1.165, 1.54) is 11.8 Å². The summed E-state index contributed by atoms with van der Waals surface area (Å²) in [4.78, 5) is 44.9. The van der Waals surface area contributed by atoms with Gasteiger partial charge in [0.25, 0.3) is 0 Å². The fourth-order valence-electron chi connectivity index (χ4n) is 4.00. The molecule has 1 saturated heterocycles. The maximum Gasteiger partial charge on any atom is 0.338 e. The van der Waals surface area contributed by atoms with Gasteiger partial charge in [-0.1, -0.05) is 41.6 Å². The van der Waals surface area contributed by atoms with E-state index >= 15 is 0 Å². The van der Waals surface area contributed by atoms with Crippen LogP contribution in [0.2, 0.25) is 5.02 Å². The minimum Gasteiger partial charge on any atom is -0.494 e. The highest BCUT2D eigenvalue weighted by Crippen LogP contribution is 2.31. The van der Waals surface area contributed by atoms with Crippen LogP contribution in [0.3, 0.4) is 0 Å². The van der Waals surface area contributed by atoms with E-state index in [4.69, 9.17) is 26.1 Å². The molecule has 0 saturated carbocycles. The second-order valence-corrected chi connectivity index (χ2v) is 10.5. The molecule has 2 amide bonds. The SMILES string of the molecule is CCOC(=O)c1ccc(N=C2S[C@H](C(=O)Nc3cccc(OCC)c3)CC(=O)N2CCc2ccc(Cl)cc2)cc1. The lowest BCUT2D eigenvalue weighted by molar-refractivity contribution is -0.129. The smallest absolute Gasteiger partial charge is 0.338 e. The van der Waals surface area contributed by atoms with Gasteiger partial charge in [0, 0.05) is 29.7 Å². The van der Waals surface area contributed by atoms with Gasteiger partial charge in [0.05, 0.1) is 24.5 Å². The molecule has 0 bridgehead atoms. The number of amides is 2. The number of ether oxygens (including phenoxy) is 2. The Hall–Kier alpha value is -3.82. The summed E-state index contributed by atoms with van der Waals surface area (Å²) in [7, 11) is 0. The first kappa shape index (κ1) is 29.2. The number of thioether (sulfide) groups is 1. The minimum absolute atomic E-state index is 0.0308. The van der Waals surface area contributed by atoms with Crippen molar-refractivity contribution in [2.45, 2.75) is 31.9 Å². The summed E-state index contributed by atoms with van der Waals surface area (Å²) in [6.45, 7) is 4.81. The molecule has 1 aliphatic heterocycles. The van der Waals surface area contributed by atoms with E-state index in [0.29, 0.717) is 52.5 Å². The van der Waals surface area contributed by atoms with Crippen LogP contribution in [0.25, 0.3) is 0 Å². The number of nitrogens with one attached hydrogen (secondary N) is 1. The number of nitrogens with zero attached hydrogens (tertiary/aromatic N) is 2. The number of benzene rings is 3. The monoisotopic (exact) mass is 579 g/mol. The van der Waals surface area contributed by atoms with Gasteiger partial charge in [0.2, 0.25) is 11.8 Å². The van der Waals surface area contributed by atoms with Crippen LogP contribution in [0.4, 0.5) is 11.4 Å². The molecule has 1 heterocycles. The first-order chi connectivity index (χ1) is 19.4. The van der Waals surface area contributed by atoms with Gasteiger partial charge in [-0.3, -0.25) is 14.5 Å². The van der Waals surface area contributed by atoms with E-state index in [-0.39, 0.29) is 24.8 Å². The summed E-state index contributed by atoms with van der Waals surface area (Å²) in [5, 5.41) is 3.28. The molecule has 1 N–H and O–H groups in total. The quantitative estimate of drug-likeness (QED) is 0.291. The van der Waals surface area contributed by atoms with Gasteiger partial charge in [-0.25, -0.2) is 9.79 Å². The number of esters is 1. The first-order valence-electron chi connectivity index (χ1n) is 13.0. The van der Waals surface area contributed by atoms with Crippen molar-refractivity contribution in [2.24, 2.45) is 4.99 Å². The topological polar surface area (TPSA) is 97.3 Å². The third-order valence-corrected chi connectivity index (χ3v) is 7.42. The number of hydrogen-bond donors (Lipinski definition) is 1. The van der Waals surface area contributed by atoms with Crippen LogP contribution in [-0.2, 0) is 20.7 Å². The fraction of sp³-hybridized carbons (Fsp3) is 0.267. The van der Waals surface area contributed by atoms with Crippen molar-refractivity contribution < 1.29 is 23.9 Å². The molecule has 40 heavy (non-hydrogen) atoms. The van der Waals surface area contributed by atoms with Gasteiger partial charge in [0.1, 0.15) is 11.0 Å². The average molecular weight is 580 g/mol. The minimum atomic E-state index is -0.674. The number of amidine groups is 1. The summed E-state index contributed by atoms with van der Waals surface area (Å²) < 4.78 is 10.6. The largest absolute Gasteiger partial charge is 0.494 e. The Bertz CT molecular complexity index is 1380. The zero-order valence-electron chi connectivity index (χ0n) is 22.3. The number of carbonyl (C=O) groups excluding carboxylic acids is 3.